The Balaban J connectivity index is 1.29. The first kappa shape index (κ1) is 24.0. The molecular formula is C27H21F3N2O4S2. The van der Waals surface area contributed by atoms with Gasteiger partial charge in [-0.15, -0.1) is 11.8 Å². The summed E-state index contributed by atoms with van der Waals surface area (Å²) in [6, 6.07) is 12.1. The summed E-state index contributed by atoms with van der Waals surface area (Å²) >= 11 is 2.75. The summed E-state index contributed by atoms with van der Waals surface area (Å²) < 4.78 is 45.4. The van der Waals surface area contributed by atoms with Gasteiger partial charge < -0.3 is 9.72 Å². The highest BCUT2D eigenvalue weighted by Gasteiger charge is 2.69. The molecule has 7 rings (SSSR count). The van der Waals surface area contributed by atoms with Crippen LogP contribution in [0.15, 0.2) is 58.4 Å². The first-order chi connectivity index (χ1) is 18.2. The lowest BCUT2D eigenvalue weighted by atomic mass is 9.68. The van der Waals surface area contributed by atoms with Crippen LogP contribution < -0.4 is 14.5 Å². The Morgan fingerprint density at radius 1 is 1.00 bits per heavy atom. The predicted octanol–water partition coefficient (Wildman–Crippen LogP) is 5.14. The third kappa shape index (κ3) is 3.30. The fraction of sp³-hybridized carbons (Fsp3) is 0.370. The number of rotatable bonds is 3. The Kier molecular flexibility index (Phi) is 5.20. The molecule has 0 radical (unpaired) electrons. The Hall–Kier alpha value is -3.05. The number of anilines is 1. The second-order valence-electron chi connectivity index (χ2n) is 10.3. The normalized spacial score (nSPS) is 31.4. The molecule has 2 aliphatic heterocycles. The lowest BCUT2D eigenvalue weighted by Gasteiger charge is -2.43. The van der Waals surface area contributed by atoms with Crippen molar-refractivity contribution in [2.24, 2.45) is 29.6 Å². The SMILES string of the molecule is COc1ccc([C@H]2c3sc(=O)[nH]c3S[C@@H]3[C@@H]4C[C@H]([C@H]5C(=O)N(c6cccc(C(F)(F)F)c6)C(=O)[C@H]45)[C@H]23)cc1. The molecule has 3 heterocycles. The van der Waals surface area contributed by atoms with Gasteiger partial charge in [-0.1, -0.05) is 29.5 Å². The number of halogens is 3. The van der Waals surface area contributed by atoms with E-state index in [1.807, 2.05) is 24.3 Å². The molecule has 2 aromatic carbocycles. The van der Waals surface area contributed by atoms with E-state index in [9.17, 15) is 27.6 Å². The Morgan fingerprint density at radius 2 is 1.71 bits per heavy atom. The lowest BCUT2D eigenvalue weighted by molar-refractivity contribution is -0.137. The maximum Gasteiger partial charge on any atom is 0.416 e. The lowest BCUT2D eigenvalue weighted by Crippen LogP contribution is -2.42. The minimum absolute atomic E-state index is 0.00399. The number of carbonyl (C=O) groups is 2. The van der Waals surface area contributed by atoms with Gasteiger partial charge in [0, 0.05) is 16.0 Å². The molecule has 6 nitrogen and oxygen atoms in total. The number of fused-ring (bicyclic) bond motifs is 9. The number of hydrogen-bond donors (Lipinski definition) is 1. The number of thiazole rings is 1. The quantitative estimate of drug-likeness (QED) is 0.451. The fourth-order valence-corrected chi connectivity index (χ4v) is 10.2. The highest BCUT2D eigenvalue weighted by Crippen LogP contribution is 2.68. The van der Waals surface area contributed by atoms with Crippen molar-refractivity contribution in [2.75, 3.05) is 12.0 Å². The van der Waals surface area contributed by atoms with Crippen LogP contribution in [0.25, 0.3) is 0 Å². The van der Waals surface area contributed by atoms with Crippen LogP contribution in [-0.4, -0.2) is 29.2 Å². The number of imide groups is 1. The second kappa shape index (κ2) is 8.22. The van der Waals surface area contributed by atoms with Crippen LogP contribution in [0.1, 0.15) is 28.3 Å². The van der Waals surface area contributed by atoms with Gasteiger partial charge in [0.1, 0.15) is 5.75 Å². The smallest absolute Gasteiger partial charge is 0.416 e. The number of methoxy groups -OCH3 is 1. The fourth-order valence-electron chi connectivity index (χ4n) is 7.28. The van der Waals surface area contributed by atoms with Gasteiger partial charge in [0.2, 0.25) is 11.8 Å². The van der Waals surface area contributed by atoms with Crippen molar-refractivity contribution in [1.29, 1.82) is 0 Å². The minimum atomic E-state index is -4.58. The number of carbonyl (C=O) groups excluding carboxylic acids is 2. The van der Waals surface area contributed by atoms with Crippen LogP contribution in [0.3, 0.4) is 0 Å². The van der Waals surface area contributed by atoms with E-state index < -0.39 is 35.4 Å². The zero-order valence-electron chi connectivity index (χ0n) is 19.9. The molecule has 3 fully saturated rings. The summed E-state index contributed by atoms with van der Waals surface area (Å²) in [5, 5.41) is 0.807. The van der Waals surface area contributed by atoms with Gasteiger partial charge in [-0.2, -0.15) is 13.2 Å². The van der Waals surface area contributed by atoms with E-state index >= 15 is 0 Å². The molecule has 38 heavy (non-hydrogen) atoms. The molecule has 4 aliphatic rings. The number of amides is 2. The highest BCUT2D eigenvalue weighted by atomic mass is 32.2. The molecule has 1 aromatic heterocycles. The Bertz CT molecular complexity index is 1530. The highest BCUT2D eigenvalue weighted by molar-refractivity contribution is 8.00. The van der Waals surface area contributed by atoms with E-state index in [4.69, 9.17) is 4.74 Å². The predicted molar refractivity (Wildman–Crippen MR) is 135 cm³/mol. The first-order valence-electron chi connectivity index (χ1n) is 12.3. The van der Waals surface area contributed by atoms with Gasteiger partial charge in [0.15, 0.2) is 0 Å². The maximum atomic E-state index is 13.7. The molecule has 7 atom stereocenters. The number of aromatic amines is 1. The maximum absolute atomic E-state index is 13.7. The van der Waals surface area contributed by atoms with Gasteiger partial charge in [0.25, 0.3) is 0 Å². The summed E-state index contributed by atoms with van der Waals surface area (Å²) in [7, 11) is 1.59. The molecule has 0 unspecified atom stereocenters. The summed E-state index contributed by atoms with van der Waals surface area (Å²) in [6.45, 7) is 0. The summed E-state index contributed by atoms with van der Waals surface area (Å²) in [5.74, 6) is -1.63. The molecule has 2 amide bonds. The molecule has 2 bridgehead atoms. The monoisotopic (exact) mass is 558 g/mol. The molecular weight excluding hydrogens is 537 g/mol. The molecule has 0 spiro atoms. The molecule has 196 valence electrons. The zero-order chi connectivity index (χ0) is 26.5. The van der Waals surface area contributed by atoms with Crippen LogP contribution in [0, 0.1) is 29.6 Å². The average molecular weight is 559 g/mol. The van der Waals surface area contributed by atoms with Crippen molar-refractivity contribution in [2.45, 2.75) is 28.8 Å². The van der Waals surface area contributed by atoms with Gasteiger partial charge in [-0.3, -0.25) is 19.3 Å². The van der Waals surface area contributed by atoms with E-state index in [0.717, 1.165) is 32.5 Å². The molecule has 1 saturated heterocycles. The number of alkyl halides is 3. The van der Waals surface area contributed by atoms with Crippen LogP contribution >= 0.6 is 23.1 Å². The van der Waals surface area contributed by atoms with Crippen molar-refractivity contribution in [3.05, 3.63) is 74.2 Å². The van der Waals surface area contributed by atoms with Crippen molar-refractivity contribution in [1.82, 2.24) is 4.98 Å². The Labute approximate surface area is 223 Å². The van der Waals surface area contributed by atoms with Crippen LogP contribution in [0.2, 0.25) is 0 Å². The molecule has 2 saturated carbocycles. The van der Waals surface area contributed by atoms with Crippen molar-refractivity contribution in [3.8, 4) is 5.75 Å². The third-order valence-electron chi connectivity index (χ3n) is 8.63. The summed E-state index contributed by atoms with van der Waals surface area (Å²) in [4.78, 5) is 44.5. The van der Waals surface area contributed by atoms with E-state index in [1.54, 1.807) is 18.9 Å². The number of thioether (sulfide) groups is 1. The number of H-pyrrole nitrogens is 1. The van der Waals surface area contributed by atoms with Crippen molar-refractivity contribution < 1.29 is 27.5 Å². The largest absolute Gasteiger partial charge is 0.497 e. The van der Waals surface area contributed by atoms with E-state index in [0.29, 0.717) is 12.2 Å². The number of nitrogens with one attached hydrogen (secondary N) is 1. The Morgan fingerprint density at radius 3 is 2.39 bits per heavy atom. The molecule has 2 aliphatic carbocycles. The van der Waals surface area contributed by atoms with Crippen LogP contribution in [-0.2, 0) is 15.8 Å². The van der Waals surface area contributed by atoms with Crippen LogP contribution in [0.5, 0.6) is 5.75 Å². The van der Waals surface area contributed by atoms with Gasteiger partial charge in [-0.25, -0.2) is 0 Å². The standard InChI is InChI=1S/C27H21F3N2O4S2/c1-36-14-7-5-11(6-8-14)17-18-15-10-16(21(18)37-23-22(17)38-26(35)31-23)20-19(15)24(33)32(25(20)34)13-4-2-3-12(9-13)27(28,29)30/h2-9,15-21H,10H2,1H3,(H,31,35)/t15-,16+,17+,18+,19+,20+,21+/m0/s1. The topological polar surface area (TPSA) is 79.5 Å². The minimum Gasteiger partial charge on any atom is -0.497 e. The third-order valence-corrected chi connectivity index (χ3v) is 11.2. The van der Waals surface area contributed by atoms with Gasteiger partial charge >= 0.3 is 11.0 Å². The second-order valence-corrected chi connectivity index (χ2v) is 12.5. The van der Waals surface area contributed by atoms with Crippen LogP contribution in [0.4, 0.5) is 18.9 Å². The number of ether oxygens (including phenoxy) is 1. The molecule has 11 heteroatoms. The number of hydrogen-bond acceptors (Lipinski definition) is 6. The number of benzene rings is 2. The average Bonchev–Trinajstić information content (AvgIpc) is 3.62. The number of aromatic nitrogens is 1. The number of nitrogens with zero attached hydrogens (tertiary/aromatic N) is 1. The van der Waals surface area contributed by atoms with E-state index in [2.05, 4.69) is 4.98 Å². The molecule has 3 aromatic rings. The van der Waals surface area contributed by atoms with E-state index in [-0.39, 0.29) is 39.5 Å². The first-order valence-corrected chi connectivity index (χ1v) is 14.0. The van der Waals surface area contributed by atoms with Gasteiger partial charge in [-0.05, 0) is 60.1 Å². The van der Waals surface area contributed by atoms with Gasteiger partial charge in [0.05, 0.1) is 35.2 Å². The zero-order valence-corrected chi connectivity index (χ0v) is 21.5. The van der Waals surface area contributed by atoms with Crippen molar-refractivity contribution >= 4 is 40.6 Å². The summed E-state index contributed by atoms with van der Waals surface area (Å²) in [5.41, 5.74) is 0.0791. The van der Waals surface area contributed by atoms with Crippen molar-refractivity contribution in [3.63, 3.8) is 0 Å². The summed E-state index contributed by atoms with van der Waals surface area (Å²) in [6.07, 6.45) is -3.88. The molecule has 1 N–H and O–H groups in total. The van der Waals surface area contributed by atoms with E-state index in [1.165, 1.54) is 23.5 Å².